The van der Waals surface area contributed by atoms with E-state index < -0.39 is 0 Å². The van der Waals surface area contributed by atoms with Crippen LogP contribution in [0.15, 0.2) is 48.8 Å². The molecule has 2 aromatic heterocycles. The Bertz CT molecular complexity index is 852. The molecule has 25 heavy (non-hydrogen) atoms. The summed E-state index contributed by atoms with van der Waals surface area (Å²) in [7, 11) is 1.65. The molecule has 0 atom stereocenters. The molecule has 0 aliphatic rings. The topological polar surface area (TPSA) is 72.0 Å². The van der Waals surface area contributed by atoms with E-state index in [0.717, 1.165) is 34.1 Å². The maximum Gasteiger partial charge on any atom is 0.229 e. The molecule has 2 N–H and O–H groups in total. The molecule has 0 radical (unpaired) electrons. The molecule has 0 saturated heterocycles. The molecular formula is C19H21N5O. The van der Waals surface area contributed by atoms with E-state index in [1.807, 2.05) is 56.4 Å². The van der Waals surface area contributed by atoms with Crippen molar-refractivity contribution in [3.63, 3.8) is 0 Å². The van der Waals surface area contributed by atoms with E-state index in [1.54, 1.807) is 13.3 Å². The van der Waals surface area contributed by atoms with Crippen molar-refractivity contribution in [2.45, 2.75) is 20.4 Å². The summed E-state index contributed by atoms with van der Waals surface area (Å²) in [4.78, 5) is 13.1. The van der Waals surface area contributed by atoms with Gasteiger partial charge in [0, 0.05) is 30.7 Å². The van der Waals surface area contributed by atoms with Gasteiger partial charge in [0.2, 0.25) is 5.95 Å². The predicted molar refractivity (Wildman–Crippen MR) is 99.3 cm³/mol. The first-order valence-corrected chi connectivity index (χ1v) is 8.04. The zero-order valence-corrected chi connectivity index (χ0v) is 14.6. The van der Waals surface area contributed by atoms with Gasteiger partial charge in [-0.15, -0.1) is 0 Å². The molecule has 3 rings (SSSR count). The van der Waals surface area contributed by atoms with E-state index in [4.69, 9.17) is 4.74 Å². The first kappa shape index (κ1) is 16.7. The Morgan fingerprint density at radius 3 is 2.72 bits per heavy atom. The Morgan fingerprint density at radius 2 is 1.96 bits per heavy atom. The standard InChI is InChI=1S/C19H21N5O/c1-13-6-7-17(25-3)16(9-13)23-19-22-14(2)10-18(24-19)21-12-15-5-4-8-20-11-15/h4-11H,12H2,1-3H3,(H2,21,22,23,24). The molecule has 0 amide bonds. The van der Waals surface area contributed by atoms with Gasteiger partial charge >= 0.3 is 0 Å². The van der Waals surface area contributed by atoms with Crippen LogP contribution in [0, 0.1) is 13.8 Å². The van der Waals surface area contributed by atoms with Crippen LogP contribution in [0.2, 0.25) is 0 Å². The molecule has 6 nitrogen and oxygen atoms in total. The minimum absolute atomic E-state index is 0.526. The largest absolute Gasteiger partial charge is 0.495 e. The van der Waals surface area contributed by atoms with Crippen molar-refractivity contribution in [2.24, 2.45) is 0 Å². The number of anilines is 3. The van der Waals surface area contributed by atoms with Gasteiger partial charge in [-0.2, -0.15) is 4.98 Å². The van der Waals surface area contributed by atoms with E-state index in [1.165, 1.54) is 0 Å². The van der Waals surface area contributed by atoms with Gasteiger partial charge in [-0.05, 0) is 43.2 Å². The lowest BCUT2D eigenvalue weighted by atomic mass is 10.2. The summed E-state index contributed by atoms with van der Waals surface area (Å²) >= 11 is 0. The number of methoxy groups -OCH3 is 1. The highest BCUT2D eigenvalue weighted by Gasteiger charge is 2.07. The van der Waals surface area contributed by atoms with Crippen molar-refractivity contribution in [2.75, 3.05) is 17.7 Å². The highest BCUT2D eigenvalue weighted by Crippen LogP contribution is 2.27. The molecule has 3 aromatic rings. The second kappa shape index (κ2) is 7.61. The van der Waals surface area contributed by atoms with Crippen LogP contribution < -0.4 is 15.4 Å². The lowest BCUT2D eigenvalue weighted by Gasteiger charge is -2.13. The summed E-state index contributed by atoms with van der Waals surface area (Å²) in [5, 5.41) is 6.55. The van der Waals surface area contributed by atoms with Crippen molar-refractivity contribution in [1.29, 1.82) is 0 Å². The third-order valence-electron chi connectivity index (χ3n) is 3.65. The van der Waals surface area contributed by atoms with Gasteiger partial charge in [-0.3, -0.25) is 4.98 Å². The van der Waals surface area contributed by atoms with Crippen LogP contribution in [0.1, 0.15) is 16.8 Å². The Balaban J connectivity index is 1.79. The van der Waals surface area contributed by atoms with Gasteiger partial charge in [0.05, 0.1) is 12.8 Å². The molecule has 0 aliphatic carbocycles. The number of nitrogens with one attached hydrogen (secondary N) is 2. The summed E-state index contributed by atoms with van der Waals surface area (Å²) < 4.78 is 5.40. The fourth-order valence-corrected chi connectivity index (χ4v) is 2.45. The molecule has 0 bridgehead atoms. The quantitative estimate of drug-likeness (QED) is 0.713. The monoisotopic (exact) mass is 335 g/mol. The molecule has 128 valence electrons. The van der Waals surface area contributed by atoms with Gasteiger partial charge in [0.15, 0.2) is 0 Å². The summed E-state index contributed by atoms with van der Waals surface area (Å²) in [5.74, 6) is 2.03. The fourth-order valence-electron chi connectivity index (χ4n) is 2.45. The number of benzene rings is 1. The number of ether oxygens (including phenoxy) is 1. The number of hydrogen-bond acceptors (Lipinski definition) is 6. The van der Waals surface area contributed by atoms with E-state index in [9.17, 15) is 0 Å². The van der Waals surface area contributed by atoms with Gasteiger partial charge in [-0.25, -0.2) is 4.98 Å². The lowest BCUT2D eigenvalue weighted by molar-refractivity contribution is 0.416. The zero-order valence-electron chi connectivity index (χ0n) is 14.6. The molecule has 0 unspecified atom stereocenters. The van der Waals surface area contributed by atoms with Crippen molar-refractivity contribution < 1.29 is 4.74 Å². The Hall–Kier alpha value is -3.15. The number of rotatable bonds is 6. The molecule has 1 aromatic carbocycles. The maximum atomic E-state index is 5.40. The summed E-state index contributed by atoms with van der Waals surface area (Å²) in [6, 6.07) is 11.8. The number of hydrogen-bond donors (Lipinski definition) is 2. The van der Waals surface area contributed by atoms with Crippen LogP contribution in [-0.4, -0.2) is 22.1 Å². The molecule has 2 heterocycles. The average Bonchev–Trinajstić information content (AvgIpc) is 2.61. The number of aromatic nitrogens is 3. The van der Waals surface area contributed by atoms with Crippen LogP contribution in [0.25, 0.3) is 0 Å². The highest BCUT2D eigenvalue weighted by molar-refractivity contribution is 5.64. The van der Waals surface area contributed by atoms with Gasteiger partial charge in [-0.1, -0.05) is 12.1 Å². The van der Waals surface area contributed by atoms with E-state index in [2.05, 4.69) is 25.6 Å². The van der Waals surface area contributed by atoms with Crippen molar-refractivity contribution >= 4 is 17.5 Å². The summed E-state index contributed by atoms with van der Waals surface area (Å²) in [6.45, 7) is 4.62. The van der Waals surface area contributed by atoms with Crippen LogP contribution >= 0.6 is 0 Å². The molecule has 0 spiro atoms. The smallest absolute Gasteiger partial charge is 0.229 e. The van der Waals surface area contributed by atoms with Crippen molar-refractivity contribution in [3.8, 4) is 5.75 Å². The Kier molecular flexibility index (Phi) is 5.09. The minimum atomic E-state index is 0.526. The van der Waals surface area contributed by atoms with Crippen LogP contribution in [0.3, 0.4) is 0 Å². The molecule has 0 aliphatic heterocycles. The highest BCUT2D eigenvalue weighted by atomic mass is 16.5. The first-order chi connectivity index (χ1) is 12.1. The second-order valence-corrected chi connectivity index (χ2v) is 5.76. The number of aryl methyl sites for hydroxylation is 2. The lowest BCUT2D eigenvalue weighted by Crippen LogP contribution is -2.06. The Morgan fingerprint density at radius 1 is 1.08 bits per heavy atom. The normalized spacial score (nSPS) is 10.4. The van der Waals surface area contributed by atoms with Crippen molar-refractivity contribution in [1.82, 2.24) is 15.0 Å². The SMILES string of the molecule is COc1ccc(C)cc1Nc1nc(C)cc(NCc2cccnc2)n1. The average molecular weight is 335 g/mol. The number of nitrogens with zero attached hydrogens (tertiary/aromatic N) is 3. The molecule has 0 fully saturated rings. The molecule has 6 heteroatoms. The van der Waals surface area contributed by atoms with E-state index in [0.29, 0.717) is 12.5 Å². The fraction of sp³-hybridized carbons (Fsp3) is 0.211. The second-order valence-electron chi connectivity index (χ2n) is 5.76. The van der Waals surface area contributed by atoms with Gasteiger partial charge in [0.25, 0.3) is 0 Å². The minimum Gasteiger partial charge on any atom is -0.495 e. The first-order valence-electron chi connectivity index (χ1n) is 8.04. The van der Waals surface area contributed by atoms with Crippen LogP contribution in [0.4, 0.5) is 17.5 Å². The maximum absolute atomic E-state index is 5.40. The predicted octanol–water partition coefficient (Wildman–Crippen LogP) is 3.85. The van der Waals surface area contributed by atoms with E-state index in [-0.39, 0.29) is 0 Å². The van der Waals surface area contributed by atoms with Gasteiger partial charge < -0.3 is 15.4 Å². The number of pyridine rings is 1. The van der Waals surface area contributed by atoms with Crippen molar-refractivity contribution in [3.05, 3.63) is 65.6 Å². The Labute approximate surface area is 147 Å². The summed E-state index contributed by atoms with van der Waals surface area (Å²) in [5.41, 5.74) is 3.93. The third-order valence-corrected chi connectivity index (χ3v) is 3.65. The summed E-state index contributed by atoms with van der Waals surface area (Å²) in [6.07, 6.45) is 3.59. The van der Waals surface area contributed by atoms with Crippen LogP contribution in [-0.2, 0) is 6.54 Å². The van der Waals surface area contributed by atoms with Gasteiger partial charge in [0.1, 0.15) is 11.6 Å². The van der Waals surface area contributed by atoms with E-state index >= 15 is 0 Å². The molecule has 0 saturated carbocycles. The zero-order chi connectivity index (χ0) is 17.6. The van der Waals surface area contributed by atoms with Crippen LogP contribution in [0.5, 0.6) is 5.75 Å². The molecular weight excluding hydrogens is 314 g/mol. The third kappa shape index (κ3) is 4.44.